The Balaban J connectivity index is 1.66. The first-order valence-electron chi connectivity index (χ1n) is 13.4. The Morgan fingerprint density at radius 1 is 0.703 bits per heavy atom. The van der Waals surface area contributed by atoms with Gasteiger partial charge in [0, 0.05) is 29.0 Å². The highest BCUT2D eigenvalue weighted by Gasteiger charge is 2.49. The minimum Gasteiger partial charge on any atom is -0.357 e. The molecule has 0 atom stereocenters. The van der Waals surface area contributed by atoms with E-state index in [1.165, 1.54) is 55.4 Å². The summed E-state index contributed by atoms with van der Waals surface area (Å²) in [6.45, 7) is 8.03. The number of nitrogens with zero attached hydrogens (tertiary/aromatic N) is 1. The van der Waals surface area contributed by atoms with Crippen molar-refractivity contribution in [1.82, 2.24) is 9.55 Å². The summed E-state index contributed by atoms with van der Waals surface area (Å²) in [7, 11) is 0. The normalized spacial score (nSPS) is 14.2. The molecule has 2 heteroatoms. The lowest BCUT2D eigenvalue weighted by Gasteiger charge is -2.35. The molecule has 1 aliphatic rings. The average molecular weight is 481 g/mol. The Hall–Kier alpha value is -4.04. The van der Waals surface area contributed by atoms with Gasteiger partial charge in [-0.1, -0.05) is 106 Å². The number of aromatic amines is 1. The molecule has 2 aromatic heterocycles. The lowest BCUT2D eigenvalue weighted by atomic mass is 9.72. The molecule has 7 rings (SSSR count). The van der Waals surface area contributed by atoms with Gasteiger partial charge in [0.1, 0.15) is 5.41 Å². The predicted molar refractivity (Wildman–Crippen MR) is 155 cm³/mol. The summed E-state index contributed by atoms with van der Waals surface area (Å²) in [4.78, 5) is 3.89. The van der Waals surface area contributed by atoms with Crippen LogP contribution in [0.3, 0.4) is 0 Å². The van der Waals surface area contributed by atoms with Crippen molar-refractivity contribution in [3.05, 3.63) is 132 Å². The van der Waals surface area contributed by atoms with Crippen LogP contribution in [0.2, 0.25) is 0 Å². The van der Waals surface area contributed by atoms with Crippen molar-refractivity contribution in [2.24, 2.45) is 5.41 Å². The molecule has 0 fully saturated rings. The van der Waals surface area contributed by atoms with Crippen LogP contribution in [-0.4, -0.2) is 9.55 Å². The fourth-order valence-corrected chi connectivity index (χ4v) is 6.45. The molecule has 4 aromatic carbocycles. The van der Waals surface area contributed by atoms with Gasteiger partial charge in [-0.05, 0) is 69.1 Å². The van der Waals surface area contributed by atoms with Crippen molar-refractivity contribution in [3.63, 3.8) is 0 Å². The van der Waals surface area contributed by atoms with Crippen LogP contribution in [-0.2, 0) is 12.0 Å². The van der Waals surface area contributed by atoms with Crippen LogP contribution < -0.4 is 0 Å². The Labute approximate surface area is 218 Å². The molecule has 37 heavy (non-hydrogen) atoms. The molecule has 2 nitrogen and oxygen atoms in total. The number of H-pyrrole nitrogens is 1. The number of hydrogen-bond acceptors (Lipinski definition) is 0. The number of rotatable bonds is 5. The summed E-state index contributed by atoms with van der Waals surface area (Å²) in [5.74, 6) is 0. The fraction of sp³-hybridized carbons (Fsp3) is 0.200. The molecule has 2 heterocycles. The van der Waals surface area contributed by atoms with E-state index in [4.69, 9.17) is 0 Å². The zero-order chi connectivity index (χ0) is 25.2. The first-order valence-corrected chi connectivity index (χ1v) is 13.4. The van der Waals surface area contributed by atoms with Crippen molar-refractivity contribution in [2.75, 3.05) is 0 Å². The molecule has 182 valence electrons. The second-order valence-corrected chi connectivity index (χ2v) is 11.3. The van der Waals surface area contributed by atoms with Crippen LogP contribution in [0.15, 0.2) is 109 Å². The number of fused-ring (bicyclic) bond motifs is 5. The van der Waals surface area contributed by atoms with Gasteiger partial charge in [-0.2, -0.15) is 0 Å². The highest BCUT2D eigenvalue weighted by molar-refractivity contribution is 5.91. The van der Waals surface area contributed by atoms with Crippen LogP contribution in [0.1, 0.15) is 49.7 Å². The molecule has 0 bridgehead atoms. The molecule has 0 amide bonds. The third kappa shape index (κ3) is 3.12. The van der Waals surface area contributed by atoms with Crippen LogP contribution in [0.5, 0.6) is 0 Å². The first-order chi connectivity index (χ1) is 18.0. The van der Waals surface area contributed by atoms with E-state index in [1.807, 2.05) is 0 Å². The molecule has 1 aliphatic carbocycles. The van der Waals surface area contributed by atoms with Gasteiger partial charge in [0.05, 0.1) is 0 Å². The second kappa shape index (κ2) is 7.98. The van der Waals surface area contributed by atoms with Gasteiger partial charge in [-0.15, -0.1) is 0 Å². The van der Waals surface area contributed by atoms with Crippen molar-refractivity contribution < 1.29 is 0 Å². The lowest BCUT2D eigenvalue weighted by Crippen LogP contribution is -2.33. The number of nitrogens with one attached hydrogen (secondary N) is 1. The van der Waals surface area contributed by atoms with Crippen LogP contribution in [0.4, 0.5) is 0 Å². The molecule has 6 aromatic rings. The van der Waals surface area contributed by atoms with Gasteiger partial charge < -0.3 is 9.55 Å². The molecular formula is C35H32N2. The third-order valence-electron chi connectivity index (χ3n) is 8.62. The monoisotopic (exact) mass is 480 g/mol. The van der Waals surface area contributed by atoms with E-state index in [-0.39, 0.29) is 5.41 Å². The first kappa shape index (κ1) is 22.2. The Morgan fingerprint density at radius 3 is 1.97 bits per heavy atom. The molecule has 0 saturated heterocycles. The van der Waals surface area contributed by atoms with E-state index < -0.39 is 5.41 Å². The van der Waals surface area contributed by atoms with Gasteiger partial charge in [-0.25, -0.2) is 0 Å². The van der Waals surface area contributed by atoms with Gasteiger partial charge >= 0.3 is 0 Å². The highest BCUT2D eigenvalue weighted by Crippen LogP contribution is 2.57. The Morgan fingerprint density at radius 2 is 1.30 bits per heavy atom. The van der Waals surface area contributed by atoms with Gasteiger partial charge in [0.25, 0.3) is 0 Å². The zero-order valence-corrected chi connectivity index (χ0v) is 21.8. The standard InChI is InChI=1S/C35H32N2/c1-4-34(2,3)23-37-31-20-12-6-14-25(31)22-33(37)35(32-21-24-13-5-11-19-30(24)36-32)28-17-9-7-15-26(28)27-16-8-10-18-29(27)35/h5-22,36H,4,23H2,1-3H3. The number of para-hydroxylation sites is 2. The number of benzene rings is 4. The van der Waals surface area contributed by atoms with E-state index >= 15 is 0 Å². The minimum atomic E-state index is -0.449. The SMILES string of the molecule is CCC(C)(C)Cn1c(C2(c3cc4ccccc4[nH]3)c3ccccc3-c3ccccc32)cc2ccccc21. The quantitative estimate of drug-likeness (QED) is 0.254. The van der Waals surface area contributed by atoms with Gasteiger partial charge in [0.15, 0.2) is 0 Å². The fourth-order valence-electron chi connectivity index (χ4n) is 6.45. The average Bonchev–Trinajstić information content (AvgIpc) is 3.60. The van der Waals surface area contributed by atoms with E-state index in [1.54, 1.807) is 0 Å². The Kier molecular flexibility index (Phi) is 4.78. The van der Waals surface area contributed by atoms with E-state index in [9.17, 15) is 0 Å². The molecular weight excluding hydrogens is 448 g/mol. The lowest BCUT2D eigenvalue weighted by molar-refractivity contribution is 0.293. The van der Waals surface area contributed by atoms with E-state index in [0.717, 1.165) is 13.0 Å². The summed E-state index contributed by atoms with van der Waals surface area (Å²) < 4.78 is 2.61. The minimum absolute atomic E-state index is 0.163. The molecule has 0 radical (unpaired) electrons. The summed E-state index contributed by atoms with van der Waals surface area (Å²) in [5, 5.41) is 2.54. The molecule has 0 saturated carbocycles. The third-order valence-corrected chi connectivity index (χ3v) is 8.62. The van der Waals surface area contributed by atoms with Gasteiger partial charge in [0.2, 0.25) is 0 Å². The maximum absolute atomic E-state index is 3.89. The van der Waals surface area contributed by atoms with Crippen molar-refractivity contribution in [2.45, 2.75) is 39.2 Å². The predicted octanol–water partition coefficient (Wildman–Crippen LogP) is 8.92. The van der Waals surface area contributed by atoms with E-state index in [0.29, 0.717) is 0 Å². The van der Waals surface area contributed by atoms with Gasteiger partial charge in [-0.3, -0.25) is 0 Å². The molecule has 0 unspecified atom stereocenters. The summed E-state index contributed by atoms with van der Waals surface area (Å²) >= 11 is 0. The number of hydrogen-bond donors (Lipinski definition) is 1. The van der Waals surface area contributed by atoms with Crippen molar-refractivity contribution in [1.29, 1.82) is 0 Å². The maximum atomic E-state index is 3.89. The van der Waals surface area contributed by atoms with Crippen LogP contribution >= 0.6 is 0 Å². The topological polar surface area (TPSA) is 20.7 Å². The maximum Gasteiger partial charge on any atom is 0.101 e. The molecule has 0 spiro atoms. The van der Waals surface area contributed by atoms with Crippen LogP contribution in [0.25, 0.3) is 32.9 Å². The zero-order valence-electron chi connectivity index (χ0n) is 21.8. The Bertz CT molecular complexity index is 1700. The molecule has 1 N–H and O–H groups in total. The highest BCUT2D eigenvalue weighted by atomic mass is 15.0. The number of aromatic nitrogens is 2. The van der Waals surface area contributed by atoms with Crippen molar-refractivity contribution in [3.8, 4) is 11.1 Å². The van der Waals surface area contributed by atoms with Crippen LogP contribution in [0, 0.1) is 5.41 Å². The summed E-state index contributed by atoms with van der Waals surface area (Å²) in [5.41, 5.74) is 10.1. The summed E-state index contributed by atoms with van der Waals surface area (Å²) in [6, 6.07) is 40.4. The molecule has 0 aliphatic heterocycles. The van der Waals surface area contributed by atoms with Crippen molar-refractivity contribution >= 4 is 21.8 Å². The van der Waals surface area contributed by atoms with E-state index in [2.05, 4.69) is 140 Å². The second-order valence-electron chi connectivity index (χ2n) is 11.3. The summed E-state index contributed by atoms with van der Waals surface area (Å²) in [6.07, 6.45) is 1.12. The smallest absolute Gasteiger partial charge is 0.101 e. The largest absolute Gasteiger partial charge is 0.357 e.